The molecule has 2 amide bonds. The second kappa shape index (κ2) is 8.91. The standard InChI is InChI=1S/C13H25N3O2/c1-2-7-15-12(17)6-8-14-11-13(18)16-9-4-3-5-10-16/h14H,2-11H2,1H3,(H,15,17). The third-order valence-electron chi connectivity index (χ3n) is 3.09. The number of carbonyl (C=O) groups is 2. The number of likely N-dealkylation sites (tertiary alicyclic amines) is 1. The van der Waals surface area contributed by atoms with Gasteiger partial charge in [0, 0.05) is 32.6 Å². The Bertz CT molecular complexity index is 263. The van der Waals surface area contributed by atoms with E-state index in [1.807, 2.05) is 11.8 Å². The molecule has 1 rings (SSSR count). The van der Waals surface area contributed by atoms with Crippen molar-refractivity contribution in [3.05, 3.63) is 0 Å². The lowest BCUT2D eigenvalue weighted by molar-refractivity contribution is -0.131. The second-order valence-electron chi connectivity index (χ2n) is 4.72. The Kier molecular flexibility index (Phi) is 7.41. The average molecular weight is 255 g/mol. The fraction of sp³-hybridized carbons (Fsp3) is 0.846. The van der Waals surface area contributed by atoms with Gasteiger partial charge in [-0.1, -0.05) is 6.92 Å². The first kappa shape index (κ1) is 15.0. The Labute approximate surface area is 109 Å². The minimum absolute atomic E-state index is 0.0507. The molecule has 0 atom stereocenters. The average Bonchev–Trinajstić information content (AvgIpc) is 2.42. The van der Waals surface area contributed by atoms with Crippen LogP contribution in [0.15, 0.2) is 0 Å². The van der Waals surface area contributed by atoms with Crippen LogP contribution in [-0.2, 0) is 9.59 Å². The van der Waals surface area contributed by atoms with E-state index in [2.05, 4.69) is 10.6 Å². The molecule has 18 heavy (non-hydrogen) atoms. The number of carbonyl (C=O) groups excluding carboxylic acids is 2. The monoisotopic (exact) mass is 255 g/mol. The second-order valence-corrected chi connectivity index (χ2v) is 4.72. The molecule has 0 bridgehead atoms. The van der Waals surface area contributed by atoms with Crippen LogP contribution in [0, 0.1) is 0 Å². The molecule has 0 radical (unpaired) electrons. The molecule has 1 heterocycles. The van der Waals surface area contributed by atoms with Crippen LogP contribution in [0.4, 0.5) is 0 Å². The van der Waals surface area contributed by atoms with Crippen molar-refractivity contribution in [1.29, 1.82) is 0 Å². The number of hydrogen-bond donors (Lipinski definition) is 2. The molecule has 1 saturated heterocycles. The van der Waals surface area contributed by atoms with Crippen LogP contribution in [0.5, 0.6) is 0 Å². The van der Waals surface area contributed by atoms with Crippen LogP contribution < -0.4 is 10.6 Å². The lowest BCUT2D eigenvalue weighted by atomic mass is 10.1. The quantitative estimate of drug-likeness (QED) is 0.651. The van der Waals surface area contributed by atoms with Crippen molar-refractivity contribution in [2.24, 2.45) is 0 Å². The lowest BCUT2D eigenvalue weighted by Crippen LogP contribution is -2.41. The summed E-state index contributed by atoms with van der Waals surface area (Å²) >= 11 is 0. The third-order valence-corrected chi connectivity index (χ3v) is 3.09. The van der Waals surface area contributed by atoms with E-state index in [9.17, 15) is 9.59 Å². The maximum Gasteiger partial charge on any atom is 0.236 e. The van der Waals surface area contributed by atoms with Gasteiger partial charge in [0.15, 0.2) is 0 Å². The van der Waals surface area contributed by atoms with Gasteiger partial charge < -0.3 is 15.5 Å². The van der Waals surface area contributed by atoms with Gasteiger partial charge in [-0.3, -0.25) is 9.59 Å². The molecule has 5 heteroatoms. The van der Waals surface area contributed by atoms with Gasteiger partial charge in [0.05, 0.1) is 6.54 Å². The Balaban J connectivity index is 2.02. The van der Waals surface area contributed by atoms with Crippen LogP contribution in [0.3, 0.4) is 0 Å². The molecule has 2 N–H and O–H groups in total. The van der Waals surface area contributed by atoms with Crippen molar-refractivity contribution in [3.8, 4) is 0 Å². The molecular weight excluding hydrogens is 230 g/mol. The zero-order valence-electron chi connectivity index (χ0n) is 11.3. The molecule has 0 spiro atoms. The van der Waals surface area contributed by atoms with Crippen LogP contribution in [0.2, 0.25) is 0 Å². The van der Waals surface area contributed by atoms with Gasteiger partial charge in [0.2, 0.25) is 11.8 Å². The number of rotatable bonds is 7. The molecule has 0 saturated carbocycles. The molecule has 0 aliphatic carbocycles. The maximum absolute atomic E-state index is 11.8. The lowest BCUT2D eigenvalue weighted by Gasteiger charge is -2.26. The third kappa shape index (κ3) is 6.00. The van der Waals surface area contributed by atoms with E-state index in [4.69, 9.17) is 0 Å². The van der Waals surface area contributed by atoms with Crippen LogP contribution in [0.1, 0.15) is 39.0 Å². The number of amides is 2. The number of nitrogens with one attached hydrogen (secondary N) is 2. The highest BCUT2D eigenvalue weighted by atomic mass is 16.2. The van der Waals surface area contributed by atoms with Gasteiger partial charge in [-0.2, -0.15) is 0 Å². The van der Waals surface area contributed by atoms with E-state index in [1.54, 1.807) is 0 Å². The van der Waals surface area contributed by atoms with E-state index in [0.29, 0.717) is 19.5 Å². The van der Waals surface area contributed by atoms with E-state index in [0.717, 1.165) is 38.9 Å². The van der Waals surface area contributed by atoms with Gasteiger partial charge in [0.25, 0.3) is 0 Å². The summed E-state index contributed by atoms with van der Waals surface area (Å²) in [5, 5.41) is 5.85. The summed E-state index contributed by atoms with van der Waals surface area (Å²) in [5.41, 5.74) is 0. The fourth-order valence-corrected chi connectivity index (χ4v) is 2.01. The van der Waals surface area contributed by atoms with Gasteiger partial charge in [0.1, 0.15) is 0 Å². The highest BCUT2D eigenvalue weighted by Gasteiger charge is 2.15. The molecular formula is C13H25N3O2. The van der Waals surface area contributed by atoms with Crippen molar-refractivity contribution >= 4 is 11.8 Å². The minimum Gasteiger partial charge on any atom is -0.356 e. The molecule has 5 nitrogen and oxygen atoms in total. The Morgan fingerprint density at radius 1 is 1.11 bits per heavy atom. The van der Waals surface area contributed by atoms with Crippen molar-refractivity contribution in [2.45, 2.75) is 39.0 Å². The molecule has 1 aliphatic heterocycles. The summed E-state index contributed by atoms with van der Waals surface area (Å²) in [4.78, 5) is 25.0. The van der Waals surface area contributed by atoms with E-state index in [-0.39, 0.29) is 11.8 Å². The molecule has 0 aromatic rings. The van der Waals surface area contributed by atoms with Gasteiger partial charge in [-0.05, 0) is 25.7 Å². The number of nitrogens with zero attached hydrogens (tertiary/aromatic N) is 1. The van der Waals surface area contributed by atoms with Crippen molar-refractivity contribution in [1.82, 2.24) is 15.5 Å². The van der Waals surface area contributed by atoms with Crippen molar-refractivity contribution in [3.63, 3.8) is 0 Å². The van der Waals surface area contributed by atoms with E-state index >= 15 is 0 Å². The van der Waals surface area contributed by atoms with Crippen LogP contribution >= 0.6 is 0 Å². The predicted molar refractivity (Wildman–Crippen MR) is 71.2 cm³/mol. The summed E-state index contributed by atoms with van der Waals surface area (Å²) < 4.78 is 0. The highest BCUT2D eigenvalue weighted by Crippen LogP contribution is 2.07. The SMILES string of the molecule is CCCNC(=O)CCNCC(=O)N1CCCCC1. The minimum atomic E-state index is 0.0507. The highest BCUT2D eigenvalue weighted by molar-refractivity contribution is 5.78. The molecule has 104 valence electrons. The molecule has 0 aromatic heterocycles. The zero-order valence-corrected chi connectivity index (χ0v) is 11.3. The first-order valence-corrected chi connectivity index (χ1v) is 6.99. The number of piperidine rings is 1. The zero-order chi connectivity index (χ0) is 13.2. The summed E-state index contributed by atoms with van der Waals surface area (Å²) in [7, 11) is 0. The Morgan fingerprint density at radius 3 is 2.50 bits per heavy atom. The molecule has 1 aliphatic rings. The van der Waals surface area contributed by atoms with Crippen LogP contribution in [0.25, 0.3) is 0 Å². The molecule has 0 unspecified atom stereocenters. The summed E-state index contributed by atoms with van der Waals surface area (Å²) in [6.07, 6.45) is 4.85. The Morgan fingerprint density at radius 2 is 1.83 bits per heavy atom. The first-order chi connectivity index (χ1) is 8.74. The number of hydrogen-bond acceptors (Lipinski definition) is 3. The molecule has 0 aromatic carbocycles. The van der Waals surface area contributed by atoms with E-state index < -0.39 is 0 Å². The normalized spacial score (nSPS) is 15.5. The largest absolute Gasteiger partial charge is 0.356 e. The Hall–Kier alpha value is -1.10. The topological polar surface area (TPSA) is 61.4 Å². The van der Waals surface area contributed by atoms with E-state index in [1.165, 1.54) is 6.42 Å². The van der Waals surface area contributed by atoms with Gasteiger partial charge in [-0.25, -0.2) is 0 Å². The summed E-state index contributed by atoms with van der Waals surface area (Å²) in [6, 6.07) is 0. The maximum atomic E-state index is 11.8. The van der Waals surface area contributed by atoms with Gasteiger partial charge in [-0.15, -0.1) is 0 Å². The predicted octanol–water partition coefficient (Wildman–Crippen LogP) is 0.505. The van der Waals surface area contributed by atoms with Crippen LogP contribution in [-0.4, -0.2) is 49.4 Å². The summed E-state index contributed by atoms with van der Waals surface area (Å²) in [6.45, 7) is 5.44. The smallest absolute Gasteiger partial charge is 0.236 e. The molecule has 1 fully saturated rings. The summed E-state index contributed by atoms with van der Waals surface area (Å²) in [5.74, 6) is 0.207. The van der Waals surface area contributed by atoms with Crippen molar-refractivity contribution in [2.75, 3.05) is 32.7 Å². The van der Waals surface area contributed by atoms with Gasteiger partial charge >= 0.3 is 0 Å². The van der Waals surface area contributed by atoms with Crippen molar-refractivity contribution < 1.29 is 9.59 Å². The first-order valence-electron chi connectivity index (χ1n) is 6.99. The fourth-order valence-electron chi connectivity index (χ4n) is 2.01.